The van der Waals surface area contributed by atoms with Crippen LogP contribution in [0.2, 0.25) is 0 Å². The number of allylic oxidation sites excluding steroid dienone is 2. The second-order valence-electron chi connectivity index (χ2n) is 5.74. The molecule has 0 radical (unpaired) electrons. The number of hydrogen-bond acceptors (Lipinski definition) is 10. The molecule has 0 fully saturated rings. The molecule has 0 aromatic rings. The van der Waals surface area contributed by atoms with Crippen molar-refractivity contribution in [3.05, 3.63) is 25.3 Å². The normalized spacial score (nSPS) is 8.24. The van der Waals surface area contributed by atoms with E-state index in [0.717, 1.165) is 38.2 Å². The summed E-state index contributed by atoms with van der Waals surface area (Å²) in [5.41, 5.74) is 25.7. The van der Waals surface area contributed by atoms with Crippen molar-refractivity contribution in [3.8, 4) is 0 Å². The average molecular weight is 642 g/mol. The minimum absolute atomic E-state index is 0. The molecule has 0 rings (SSSR count). The van der Waals surface area contributed by atoms with Crippen molar-refractivity contribution in [2.75, 3.05) is 19.6 Å². The fourth-order valence-corrected chi connectivity index (χ4v) is 1.36. The molecule has 0 bridgehead atoms. The summed E-state index contributed by atoms with van der Waals surface area (Å²) in [6.45, 7) is 8.34. The summed E-state index contributed by atoms with van der Waals surface area (Å²) in [6.07, 6.45) is 7.69. The summed E-state index contributed by atoms with van der Waals surface area (Å²) in [7, 11) is -4.67. The molecule has 0 aromatic carbocycles. The van der Waals surface area contributed by atoms with Crippen molar-refractivity contribution in [2.45, 2.75) is 38.5 Å². The van der Waals surface area contributed by atoms with E-state index in [1.807, 2.05) is 0 Å². The van der Waals surface area contributed by atoms with Crippen molar-refractivity contribution in [1.82, 2.24) is 0 Å². The Hall–Kier alpha value is 0.183. The van der Waals surface area contributed by atoms with Gasteiger partial charge in [0, 0.05) is 19.5 Å². The monoisotopic (exact) mass is 641 g/mol. The van der Waals surface area contributed by atoms with Crippen molar-refractivity contribution < 1.29 is 146 Å². The number of unbranched alkanes of at least 4 members (excludes halogenated alkanes) is 3. The third-order valence-electron chi connectivity index (χ3n) is 2.71. The van der Waals surface area contributed by atoms with Crippen LogP contribution >= 0.6 is 11.6 Å². The van der Waals surface area contributed by atoms with Crippen LogP contribution in [-0.2, 0) is 29.7 Å². The predicted octanol–water partition coefficient (Wildman–Crippen LogP) is -7.59. The minimum Gasteiger partial charge on any atom is -1.00 e. The van der Waals surface area contributed by atoms with E-state index in [0.29, 0.717) is 26.1 Å². The summed E-state index contributed by atoms with van der Waals surface area (Å²) >= 11 is 4.71. The van der Waals surface area contributed by atoms with Gasteiger partial charge >= 0.3 is 113 Å². The summed E-state index contributed by atoms with van der Waals surface area (Å²) in [5.74, 6) is 0.385. The topological polar surface area (TPSA) is 313 Å². The van der Waals surface area contributed by atoms with Crippen molar-refractivity contribution >= 4 is 51.4 Å². The van der Waals surface area contributed by atoms with Gasteiger partial charge in [0.05, 0.1) is 0 Å². The molecule has 38 heavy (non-hydrogen) atoms. The van der Waals surface area contributed by atoms with Gasteiger partial charge < -0.3 is 40.2 Å². The van der Waals surface area contributed by atoms with Crippen LogP contribution in [0, 0.1) is 0 Å². The van der Waals surface area contributed by atoms with Crippen LogP contribution in [0.25, 0.3) is 0 Å². The van der Waals surface area contributed by atoms with Gasteiger partial charge in [-0.1, -0.05) is 19.6 Å². The number of nitrogens with zero attached hydrogens (tertiary/aromatic N) is 2. The SMILES string of the molecule is C=CC(=O)CCCCCN=C(N)N.C=CC(=O)Cl.NCCCCN=C(N)N.O=CO[O-].O=S(=O)(O)O.[H-].[K+].[K+]. The number of carbonyl (C=O) groups is 3. The van der Waals surface area contributed by atoms with Crippen LogP contribution in [0.4, 0.5) is 0 Å². The molecule has 0 heterocycles. The van der Waals surface area contributed by atoms with Gasteiger partial charge in [-0.25, -0.2) is 0 Å². The number of nitrogens with two attached hydrogens (primary N) is 5. The van der Waals surface area contributed by atoms with Crippen LogP contribution in [-0.4, -0.2) is 66.6 Å². The first-order valence-electron chi connectivity index (χ1n) is 9.82. The molecule has 0 unspecified atom stereocenters. The third-order valence-corrected chi connectivity index (χ3v) is 2.86. The Morgan fingerprint density at radius 1 is 0.921 bits per heavy atom. The second kappa shape index (κ2) is 44.2. The molecule has 0 aliphatic rings. The average Bonchev–Trinajstić information content (AvgIpc) is 2.78. The van der Waals surface area contributed by atoms with Gasteiger partial charge in [0.15, 0.2) is 17.7 Å². The molecule has 0 saturated heterocycles. The summed E-state index contributed by atoms with van der Waals surface area (Å²) in [5, 5.41) is 7.92. The summed E-state index contributed by atoms with van der Waals surface area (Å²) < 4.78 is 31.6. The molecule has 0 aliphatic heterocycles. The Bertz CT molecular complexity index is 751. The van der Waals surface area contributed by atoms with E-state index < -0.39 is 15.6 Å². The van der Waals surface area contributed by atoms with Gasteiger partial charge in [-0.3, -0.25) is 33.5 Å². The predicted molar refractivity (Wildman–Crippen MR) is 137 cm³/mol. The standard InChI is InChI=1S/C9H17N3O.C5H14N4.C3H3ClO.CH2O3.2K.H2O4S.H/c1-2-8(13)6-4-3-5-7-12-9(10)11;6-3-1-2-4-9-5(7)8;1-2-3(4)5;2-1-4-3;;;1-5(2,3)4;/h2H,1,3-7H2,(H4,10,11,12);1-4,6H2,(H4,7,8,9);2H,1H2;1,3H;;;(H2,1,2,3,4);/q;;;;2*+1;;-1/p-1. The first-order valence-corrected chi connectivity index (χ1v) is 11.6. The number of carbonyl (C=O) groups excluding carboxylic acids is 3. The van der Waals surface area contributed by atoms with E-state index in [1.165, 1.54) is 6.08 Å². The van der Waals surface area contributed by atoms with Crippen LogP contribution < -0.4 is 137 Å². The molecular weight excluding hydrogens is 604 g/mol. The fourth-order valence-electron chi connectivity index (χ4n) is 1.36. The largest absolute Gasteiger partial charge is 1.00 e. The van der Waals surface area contributed by atoms with Gasteiger partial charge in [-0.2, -0.15) is 8.42 Å². The van der Waals surface area contributed by atoms with Gasteiger partial charge in [0.1, 0.15) is 0 Å². The van der Waals surface area contributed by atoms with Gasteiger partial charge in [0.25, 0.3) is 6.47 Å². The molecule has 0 saturated carbocycles. The van der Waals surface area contributed by atoms with E-state index in [-0.39, 0.29) is 128 Å². The van der Waals surface area contributed by atoms with Gasteiger partial charge in [-0.05, 0) is 56.0 Å². The van der Waals surface area contributed by atoms with E-state index in [2.05, 4.69) is 28.0 Å². The van der Waals surface area contributed by atoms with E-state index >= 15 is 0 Å². The maximum atomic E-state index is 10.8. The van der Waals surface area contributed by atoms with E-state index in [1.54, 1.807) is 0 Å². The van der Waals surface area contributed by atoms with Crippen molar-refractivity contribution in [2.24, 2.45) is 38.7 Å². The number of halogens is 1. The van der Waals surface area contributed by atoms with Crippen LogP contribution in [0.1, 0.15) is 40.0 Å². The molecule has 214 valence electrons. The van der Waals surface area contributed by atoms with E-state index in [4.69, 9.17) is 67.8 Å². The molecule has 0 aliphatic carbocycles. The Labute approximate surface area is 315 Å². The zero-order valence-electron chi connectivity index (χ0n) is 22.8. The zero-order chi connectivity index (χ0) is 29.4. The number of guanidine groups is 2. The Kier molecular flexibility index (Phi) is 63.2. The molecule has 16 nitrogen and oxygen atoms in total. The first-order chi connectivity index (χ1) is 16.6. The maximum absolute atomic E-state index is 10.8. The molecule has 12 N–H and O–H groups in total. The number of aliphatic imine (C=N–C) groups is 2. The third kappa shape index (κ3) is 110. The number of rotatable bonds is 13. The number of hydrogen-bond donors (Lipinski definition) is 7. The summed E-state index contributed by atoms with van der Waals surface area (Å²) in [4.78, 5) is 39.1. The van der Waals surface area contributed by atoms with Crippen LogP contribution in [0.5, 0.6) is 0 Å². The minimum atomic E-state index is -4.67. The van der Waals surface area contributed by atoms with E-state index in [9.17, 15) is 9.59 Å². The fraction of sp³-hybridized carbons (Fsp3) is 0.500. The zero-order valence-corrected chi connectivity index (χ0v) is 29.6. The smallest absolute Gasteiger partial charge is 1.00 e. The number of ketones is 1. The first kappa shape index (κ1) is 54.3. The molecule has 0 atom stereocenters. The molecular formula is C18H38ClK2N7O9S. The van der Waals surface area contributed by atoms with Crippen molar-refractivity contribution in [1.29, 1.82) is 0 Å². The Morgan fingerprint density at radius 3 is 1.50 bits per heavy atom. The molecule has 0 amide bonds. The molecule has 20 heteroatoms. The quantitative estimate of drug-likeness (QED) is 0.00938. The Morgan fingerprint density at radius 2 is 1.26 bits per heavy atom. The van der Waals surface area contributed by atoms with Gasteiger partial charge in [-0.15, -0.1) is 0 Å². The second-order valence-corrected chi connectivity index (χ2v) is 7.01. The Balaban J connectivity index is -0.0000000542. The van der Waals surface area contributed by atoms with Crippen molar-refractivity contribution in [3.63, 3.8) is 0 Å². The van der Waals surface area contributed by atoms with Crippen LogP contribution in [0.3, 0.4) is 0 Å². The maximum Gasteiger partial charge on any atom is 1.00 e. The molecule has 0 spiro atoms. The van der Waals surface area contributed by atoms with Gasteiger partial charge in [0.2, 0.25) is 5.24 Å². The summed E-state index contributed by atoms with van der Waals surface area (Å²) in [6, 6.07) is 0. The molecule has 0 aromatic heterocycles. The van der Waals surface area contributed by atoms with Crippen LogP contribution in [0.15, 0.2) is 35.3 Å².